The predicted molar refractivity (Wildman–Crippen MR) is 93.1 cm³/mol. The van der Waals surface area contributed by atoms with Crippen molar-refractivity contribution in [2.24, 2.45) is 0 Å². The Labute approximate surface area is 162 Å². The van der Waals surface area contributed by atoms with Gasteiger partial charge in [0.2, 0.25) is 5.91 Å². The number of alkyl halides is 5. The van der Waals surface area contributed by atoms with Crippen molar-refractivity contribution in [3.8, 4) is 17.1 Å². The van der Waals surface area contributed by atoms with Crippen LogP contribution in [0.5, 0.6) is 5.75 Å². The molecule has 1 aromatic heterocycles. The van der Waals surface area contributed by atoms with Gasteiger partial charge in [0.25, 0.3) is 5.92 Å². The van der Waals surface area contributed by atoms with E-state index in [-0.39, 0.29) is 23.2 Å². The molecule has 0 atom stereocenters. The average Bonchev–Trinajstić information content (AvgIpc) is 3.05. The van der Waals surface area contributed by atoms with Crippen LogP contribution in [0.4, 0.5) is 22.0 Å². The normalized spacial score (nSPS) is 16.3. The maximum Gasteiger partial charge on any atom is 0.416 e. The SMILES string of the molecule is CC(C)Oc1cc(-c2ncn(/C=C\C(=O)N3CC(F)(F)C3)n2)cc(C(F)(F)F)c1. The van der Waals surface area contributed by atoms with Gasteiger partial charge in [-0.2, -0.15) is 13.2 Å². The molecule has 0 N–H and O–H groups in total. The Bertz CT molecular complexity index is 929. The van der Waals surface area contributed by atoms with E-state index in [1.165, 1.54) is 18.6 Å². The molecule has 6 nitrogen and oxygen atoms in total. The Morgan fingerprint density at radius 3 is 2.52 bits per heavy atom. The number of halogens is 5. The lowest BCUT2D eigenvalue weighted by Gasteiger charge is -2.37. The minimum atomic E-state index is -4.58. The van der Waals surface area contributed by atoms with Gasteiger partial charge in [0.15, 0.2) is 5.82 Å². The third-order valence-electron chi connectivity index (χ3n) is 3.90. The van der Waals surface area contributed by atoms with Crippen molar-refractivity contribution >= 4 is 12.1 Å². The number of hydrogen-bond donors (Lipinski definition) is 0. The second-order valence-electron chi connectivity index (χ2n) is 6.82. The number of carbonyl (C=O) groups is 1. The molecule has 11 heteroatoms. The van der Waals surface area contributed by atoms with Gasteiger partial charge in [0.05, 0.1) is 24.8 Å². The topological polar surface area (TPSA) is 60.3 Å². The van der Waals surface area contributed by atoms with Gasteiger partial charge in [-0.3, -0.25) is 4.79 Å². The van der Waals surface area contributed by atoms with Gasteiger partial charge >= 0.3 is 6.18 Å². The molecule has 0 spiro atoms. The summed E-state index contributed by atoms with van der Waals surface area (Å²) in [6.45, 7) is 2.06. The van der Waals surface area contributed by atoms with E-state index in [9.17, 15) is 26.7 Å². The van der Waals surface area contributed by atoms with Crippen molar-refractivity contribution < 1.29 is 31.5 Å². The van der Waals surface area contributed by atoms with E-state index in [2.05, 4.69) is 10.1 Å². The zero-order valence-electron chi connectivity index (χ0n) is 15.5. The summed E-state index contributed by atoms with van der Waals surface area (Å²) in [7, 11) is 0. The number of benzene rings is 1. The van der Waals surface area contributed by atoms with Crippen molar-refractivity contribution in [3.63, 3.8) is 0 Å². The van der Waals surface area contributed by atoms with Gasteiger partial charge in [0.1, 0.15) is 12.1 Å². The van der Waals surface area contributed by atoms with E-state index in [0.717, 1.165) is 27.8 Å². The largest absolute Gasteiger partial charge is 0.491 e. The fourth-order valence-electron chi connectivity index (χ4n) is 2.62. The summed E-state index contributed by atoms with van der Waals surface area (Å²) in [5, 5.41) is 4.00. The van der Waals surface area contributed by atoms with Crippen LogP contribution in [0.15, 0.2) is 30.6 Å². The van der Waals surface area contributed by atoms with Gasteiger partial charge in [-0.25, -0.2) is 18.4 Å². The lowest BCUT2D eigenvalue weighted by Crippen LogP contribution is -2.58. The number of hydrogen-bond acceptors (Lipinski definition) is 4. The molecule has 1 saturated heterocycles. The zero-order valence-corrected chi connectivity index (χ0v) is 15.5. The molecule has 0 radical (unpaired) electrons. The maximum absolute atomic E-state index is 13.2. The van der Waals surface area contributed by atoms with Crippen LogP contribution in [0.25, 0.3) is 17.6 Å². The van der Waals surface area contributed by atoms with E-state index >= 15 is 0 Å². The summed E-state index contributed by atoms with van der Waals surface area (Å²) < 4.78 is 71.6. The lowest BCUT2D eigenvalue weighted by molar-refractivity contribution is -0.160. The molecule has 1 aliphatic rings. The molecular weight excluding hydrogens is 399 g/mol. The first-order valence-electron chi connectivity index (χ1n) is 8.58. The lowest BCUT2D eigenvalue weighted by atomic mass is 10.1. The molecule has 3 rings (SSSR count). The molecule has 0 aliphatic carbocycles. The van der Waals surface area contributed by atoms with E-state index in [0.29, 0.717) is 0 Å². The molecule has 1 fully saturated rings. The van der Waals surface area contributed by atoms with Crippen molar-refractivity contribution in [1.82, 2.24) is 19.7 Å². The highest BCUT2D eigenvalue weighted by Gasteiger charge is 2.45. The van der Waals surface area contributed by atoms with Crippen molar-refractivity contribution in [2.45, 2.75) is 32.1 Å². The van der Waals surface area contributed by atoms with E-state index in [1.54, 1.807) is 13.8 Å². The first kappa shape index (κ1) is 20.7. The van der Waals surface area contributed by atoms with Gasteiger partial charge in [0, 0.05) is 17.8 Å². The van der Waals surface area contributed by atoms with Crippen molar-refractivity contribution in [3.05, 3.63) is 36.2 Å². The highest BCUT2D eigenvalue weighted by atomic mass is 19.4. The summed E-state index contributed by atoms with van der Waals surface area (Å²) in [5.41, 5.74) is -0.831. The fourth-order valence-corrected chi connectivity index (χ4v) is 2.62. The number of aromatic nitrogens is 3. The molecule has 1 amide bonds. The zero-order chi connectivity index (χ0) is 21.4. The third kappa shape index (κ3) is 5.09. The third-order valence-corrected chi connectivity index (χ3v) is 3.90. The predicted octanol–water partition coefficient (Wildman–Crippen LogP) is 3.70. The van der Waals surface area contributed by atoms with Crippen LogP contribution in [-0.4, -0.2) is 50.7 Å². The summed E-state index contributed by atoms with van der Waals surface area (Å²) in [6, 6.07) is 3.16. The van der Waals surface area contributed by atoms with Gasteiger partial charge < -0.3 is 9.64 Å². The minimum absolute atomic E-state index is 0.0164. The van der Waals surface area contributed by atoms with E-state index in [1.807, 2.05) is 0 Å². The van der Waals surface area contributed by atoms with Crippen LogP contribution < -0.4 is 4.74 Å². The first-order valence-corrected chi connectivity index (χ1v) is 8.58. The number of carbonyl (C=O) groups excluding carboxylic acids is 1. The maximum atomic E-state index is 13.2. The molecule has 1 aliphatic heterocycles. The molecule has 2 heterocycles. The van der Waals surface area contributed by atoms with E-state index in [4.69, 9.17) is 4.74 Å². The Balaban J connectivity index is 1.80. The monoisotopic (exact) mass is 416 g/mol. The average molecular weight is 416 g/mol. The van der Waals surface area contributed by atoms with Crippen LogP contribution in [0.3, 0.4) is 0 Å². The number of nitrogens with zero attached hydrogens (tertiary/aromatic N) is 4. The number of rotatable bonds is 5. The van der Waals surface area contributed by atoms with E-state index < -0.39 is 36.7 Å². The summed E-state index contributed by atoms with van der Waals surface area (Å²) in [5.74, 6) is -3.49. The number of ether oxygens (including phenoxy) is 1. The quantitative estimate of drug-likeness (QED) is 0.551. The smallest absolute Gasteiger partial charge is 0.416 e. The van der Waals surface area contributed by atoms with Crippen molar-refractivity contribution in [2.75, 3.05) is 13.1 Å². The van der Waals surface area contributed by atoms with Crippen molar-refractivity contribution in [1.29, 1.82) is 0 Å². The number of likely N-dealkylation sites (tertiary alicyclic amines) is 1. The highest BCUT2D eigenvalue weighted by molar-refractivity contribution is 5.90. The fraction of sp³-hybridized carbons (Fsp3) is 0.389. The molecular formula is C18H17F5N4O2. The van der Waals surface area contributed by atoms with Crippen LogP contribution in [0, 0.1) is 0 Å². The molecule has 1 aromatic carbocycles. The molecule has 29 heavy (non-hydrogen) atoms. The van der Waals surface area contributed by atoms with Crippen LogP contribution in [-0.2, 0) is 11.0 Å². The van der Waals surface area contributed by atoms with Crippen LogP contribution >= 0.6 is 0 Å². The summed E-state index contributed by atoms with van der Waals surface area (Å²) >= 11 is 0. The second-order valence-corrected chi connectivity index (χ2v) is 6.82. The van der Waals surface area contributed by atoms with Gasteiger partial charge in [-0.05, 0) is 32.0 Å². The highest BCUT2D eigenvalue weighted by Crippen LogP contribution is 2.35. The Hall–Kier alpha value is -2.98. The Kier molecular flexibility index (Phi) is 5.33. The Morgan fingerprint density at radius 2 is 1.93 bits per heavy atom. The molecule has 0 unspecified atom stereocenters. The Morgan fingerprint density at radius 1 is 1.24 bits per heavy atom. The first-order chi connectivity index (χ1) is 13.4. The number of amides is 1. The summed E-state index contributed by atoms with van der Waals surface area (Å²) in [6.07, 6.45) is -1.51. The van der Waals surface area contributed by atoms with Crippen LogP contribution in [0.1, 0.15) is 19.4 Å². The second kappa shape index (κ2) is 7.45. The van der Waals surface area contributed by atoms with Gasteiger partial charge in [-0.1, -0.05) is 0 Å². The van der Waals surface area contributed by atoms with Crippen LogP contribution in [0.2, 0.25) is 0 Å². The minimum Gasteiger partial charge on any atom is -0.491 e. The molecule has 0 bridgehead atoms. The summed E-state index contributed by atoms with van der Waals surface area (Å²) in [4.78, 5) is 16.7. The molecule has 0 saturated carbocycles. The molecule has 156 valence electrons. The standard InChI is InChI=1S/C18H17F5N4O2/c1-11(2)29-14-6-12(5-13(7-14)18(21,22)23)16-24-10-27(25-16)4-3-15(28)26-8-17(19,20)9-26/h3-7,10-11H,8-9H2,1-2H3/b4-3-. The molecule has 2 aromatic rings. The van der Waals surface area contributed by atoms with Gasteiger partial charge in [-0.15, -0.1) is 5.10 Å².